The highest BCUT2D eigenvalue weighted by molar-refractivity contribution is 6.30. The number of carbonyl (C=O) groups is 1. The fourth-order valence-electron chi connectivity index (χ4n) is 3.00. The molecule has 1 aromatic carbocycles. The van der Waals surface area contributed by atoms with E-state index in [4.69, 9.17) is 11.6 Å². The number of hydrogen-bond donors (Lipinski definition) is 3. The van der Waals surface area contributed by atoms with Crippen LogP contribution in [0.15, 0.2) is 48.7 Å². The lowest BCUT2D eigenvalue weighted by Crippen LogP contribution is -2.31. The second-order valence-corrected chi connectivity index (χ2v) is 6.51. The van der Waals surface area contributed by atoms with Crippen LogP contribution in [0.5, 0.6) is 0 Å². The normalized spacial score (nSPS) is 23.2. The molecule has 2 aromatic rings. The van der Waals surface area contributed by atoms with Crippen molar-refractivity contribution in [1.29, 1.82) is 0 Å². The Bertz CT molecular complexity index is 677. The van der Waals surface area contributed by atoms with Crippen molar-refractivity contribution in [3.63, 3.8) is 0 Å². The average molecular weight is 345 g/mol. The zero-order valence-corrected chi connectivity index (χ0v) is 14.3. The van der Waals surface area contributed by atoms with Crippen LogP contribution in [0.3, 0.4) is 0 Å². The number of nitrogens with one attached hydrogen (secondary N) is 3. The number of hydrogen-bond acceptors (Lipinski definition) is 4. The highest BCUT2D eigenvalue weighted by atomic mass is 35.5. The van der Waals surface area contributed by atoms with Gasteiger partial charge in [0.2, 0.25) is 5.91 Å². The predicted octanol–water partition coefficient (Wildman–Crippen LogP) is 2.60. The van der Waals surface area contributed by atoms with Crippen molar-refractivity contribution in [2.75, 3.05) is 0 Å². The Hall–Kier alpha value is -1.95. The highest BCUT2D eigenvalue weighted by Gasteiger charge is 2.35. The first-order valence-electron chi connectivity index (χ1n) is 8.06. The maximum Gasteiger partial charge on any atom is 0.220 e. The number of aromatic nitrogens is 1. The van der Waals surface area contributed by atoms with E-state index in [1.54, 1.807) is 6.20 Å². The Balaban J connectivity index is 1.61. The Morgan fingerprint density at radius 3 is 2.71 bits per heavy atom. The Morgan fingerprint density at radius 2 is 2.00 bits per heavy atom. The number of benzene rings is 1. The molecule has 24 heavy (non-hydrogen) atoms. The van der Waals surface area contributed by atoms with Crippen LogP contribution in [-0.2, 0) is 11.3 Å². The number of amides is 1. The van der Waals surface area contributed by atoms with E-state index in [1.807, 2.05) is 42.5 Å². The summed E-state index contributed by atoms with van der Waals surface area (Å²) in [4.78, 5) is 16.5. The Labute approximate surface area is 146 Å². The molecule has 0 radical (unpaired) electrons. The van der Waals surface area contributed by atoms with Crippen LogP contribution in [-0.4, -0.2) is 16.9 Å². The van der Waals surface area contributed by atoms with Gasteiger partial charge in [-0.2, -0.15) is 0 Å². The van der Waals surface area contributed by atoms with E-state index in [0.717, 1.165) is 11.3 Å². The van der Waals surface area contributed by atoms with Crippen molar-refractivity contribution < 1.29 is 4.79 Å². The molecule has 2 heterocycles. The number of carbonyl (C=O) groups excluding carboxylic acids is 1. The summed E-state index contributed by atoms with van der Waals surface area (Å²) in [5.74, 6) is 0.192. The standard InChI is InChI=1S/C18H21ClN4O/c1-12-16(10-17(24)21-11-15-4-2-3-9-20-15)18(23-22-12)13-5-7-14(19)8-6-13/h2-9,12,16,18,22-23H,10-11H2,1H3,(H,21,24). The maximum atomic E-state index is 12.3. The zero-order chi connectivity index (χ0) is 16.9. The maximum absolute atomic E-state index is 12.3. The summed E-state index contributed by atoms with van der Waals surface area (Å²) in [5.41, 5.74) is 8.50. The molecule has 0 spiro atoms. The summed E-state index contributed by atoms with van der Waals surface area (Å²) in [6.45, 7) is 2.53. The molecule has 1 aromatic heterocycles. The number of pyridine rings is 1. The van der Waals surface area contributed by atoms with Gasteiger partial charge in [0, 0.05) is 29.6 Å². The lowest BCUT2D eigenvalue weighted by Gasteiger charge is -2.21. The molecular formula is C18H21ClN4O. The summed E-state index contributed by atoms with van der Waals surface area (Å²) < 4.78 is 0. The fourth-order valence-corrected chi connectivity index (χ4v) is 3.12. The quantitative estimate of drug-likeness (QED) is 0.780. The van der Waals surface area contributed by atoms with Crippen molar-refractivity contribution in [1.82, 2.24) is 21.2 Å². The molecule has 3 N–H and O–H groups in total. The molecule has 3 unspecified atom stereocenters. The molecule has 6 heteroatoms. The summed E-state index contributed by atoms with van der Waals surface area (Å²) >= 11 is 5.96. The molecule has 126 valence electrons. The lowest BCUT2D eigenvalue weighted by molar-refractivity contribution is -0.122. The van der Waals surface area contributed by atoms with Crippen LogP contribution in [0, 0.1) is 5.92 Å². The van der Waals surface area contributed by atoms with E-state index in [-0.39, 0.29) is 23.9 Å². The van der Waals surface area contributed by atoms with E-state index in [9.17, 15) is 4.79 Å². The molecule has 0 bridgehead atoms. The average Bonchev–Trinajstić information content (AvgIpc) is 2.95. The monoisotopic (exact) mass is 344 g/mol. The molecule has 1 fully saturated rings. The van der Waals surface area contributed by atoms with E-state index in [1.165, 1.54) is 0 Å². The number of halogens is 1. The molecule has 0 saturated carbocycles. The fraction of sp³-hybridized carbons (Fsp3) is 0.333. The van der Waals surface area contributed by atoms with Gasteiger partial charge >= 0.3 is 0 Å². The second-order valence-electron chi connectivity index (χ2n) is 6.07. The molecule has 3 atom stereocenters. The molecule has 1 amide bonds. The minimum Gasteiger partial charge on any atom is -0.350 e. The first-order valence-corrected chi connectivity index (χ1v) is 8.44. The van der Waals surface area contributed by atoms with E-state index in [0.29, 0.717) is 18.0 Å². The van der Waals surface area contributed by atoms with Crippen molar-refractivity contribution in [2.24, 2.45) is 5.92 Å². The third-order valence-corrected chi connectivity index (χ3v) is 4.63. The van der Waals surface area contributed by atoms with Gasteiger partial charge in [0.25, 0.3) is 0 Å². The van der Waals surface area contributed by atoms with Gasteiger partial charge in [-0.25, -0.2) is 5.43 Å². The van der Waals surface area contributed by atoms with Crippen molar-refractivity contribution in [2.45, 2.75) is 32.0 Å². The van der Waals surface area contributed by atoms with Gasteiger partial charge in [0.1, 0.15) is 0 Å². The largest absolute Gasteiger partial charge is 0.350 e. The van der Waals surface area contributed by atoms with Crippen LogP contribution in [0.4, 0.5) is 0 Å². The van der Waals surface area contributed by atoms with Gasteiger partial charge in [0.15, 0.2) is 0 Å². The predicted molar refractivity (Wildman–Crippen MR) is 94.1 cm³/mol. The van der Waals surface area contributed by atoms with Crippen LogP contribution in [0.2, 0.25) is 5.02 Å². The smallest absolute Gasteiger partial charge is 0.220 e. The van der Waals surface area contributed by atoms with Crippen molar-refractivity contribution in [3.05, 3.63) is 64.9 Å². The number of rotatable bonds is 5. The van der Waals surface area contributed by atoms with Gasteiger partial charge < -0.3 is 5.32 Å². The molecule has 1 saturated heterocycles. The third-order valence-electron chi connectivity index (χ3n) is 4.38. The Kier molecular flexibility index (Phi) is 5.45. The minimum atomic E-state index is 0.0296. The van der Waals surface area contributed by atoms with E-state index in [2.05, 4.69) is 28.1 Å². The van der Waals surface area contributed by atoms with Crippen molar-refractivity contribution >= 4 is 17.5 Å². The zero-order valence-electron chi connectivity index (χ0n) is 13.5. The Morgan fingerprint density at radius 1 is 1.21 bits per heavy atom. The van der Waals surface area contributed by atoms with Gasteiger partial charge in [-0.05, 0) is 36.8 Å². The van der Waals surface area contributed by atoms with Crippen LogP contribution in [0.1, 0.15) is 30.6 Å². The molecule has 5 nitrogen and oxygen atoms in total. The summed E-state index contributed by atoms with van der Waals surface area (Å²) in [7, 11) is 0. The lowest BCUT2D eigenvalue weighted by atomic mass is 9.87. The van der Waals surface area contributed by atoms with Crippen LogP contribution >= 0.6 is 11.6 Å². The first-order chi connectivity index (χ1) is 11.6. The molecule has 1 aliphatic heterocycles. The van der Waals surface area contributed by atoms with Gasteiger partial charge in [-0.15, -0.1) is 0 Å². The van der Waals surface area contributed by atoms with Crippen molar-refractivity contribution in [3.8, 4) is 0 Å². The van der Waals surface area contributed by atoms with Crippen LogP contribution in [0.25, 0.3) is 0 Å². The molecular weight excluding hydrogens is 324 g/mol. The number of hydrazine groups is 1. The SMILES string of the molecule is CC1NNC(c2ccc(Cl)cc2)C1CC(=O)NCc1ccccn1. The third kappa shape index (κ3) is 4.12. The van der Waals surface area contributed by atoms with Gasteiger partial charge in [-0.1, -0.05) is 29.8 Å². The first kappa shape index (κ1) is 16.9. The molecule has 3 rings (SSSR count). The topological polar surface area (TPSA) is 66.0 Å². The molecule has 0 aliphatic carbocycles. The molecule has 1 aliphatic rings. The van der Waals surface area contributed by atoms with E-state index < -0.39 is 0 Å². The number of nitrogens with zero attached hydrogens (tertiary/aromatic N) is 1. The highest BCUT2D eigenvalue weighted by Crippen LogP contribution is 2.31. The second kappa shape index (κ2) is 7.75. The van der Waals surface area contributed by atoms with Crippen LogP contribution < -0.4 is 16.2 Å². The summed E-state index contributed by atoms with van der Waals surface area (Å²) in [6.07, 6.45) is 2.17. The van der Waals surface area contributed by atoms with Gasteiger partial charge in [-0.3, -0.25) is 15.2 Å². The summed E-state index contributed by atoms with van der Waals surface area (Å²) in [6, 6.07) is 13.7. The van der Waals surface area contributed by atoms with Gasteiger partial charge in [0.05, 0.1) is 18.3 Å². The minimum absolute atomic E-state index is 0.0296. The summed E-state index contributed by atoms with van der Waals surface area (Å²) in [5, 5.41) is 3.66. The van der Waals surface area contributed by atoms with E-state index >= 15 is 0 Å².